The van der Waals surface area contributed by atoms with Gasteiger partial charge in [-0.3, -0.25) is 4.79 Å². The number of likely N-dealkylation sites (N-methyl/N-ethyl adjacent to an activating group) is 1. The highest BCUT2D eigenvalue weighted by Crippen LogP contribution is 2.24. The van der Waals surface area contributed by atoms with Crippen LogP contribution in [0.3, 0.4) is 0 Å². The van der Waals surface area contributed by atoms with Crippen molar-refractivity contribution in [2.45, 2.75) is 64.6 Å². The van der Waals surface area contributed by atoms with Gasteiger partial charge in [0, 0.05) is 32.6 Å². The largest absolute Gasteiger partial charge is 0.444 e. The summed E-state index contributed by atoms with van der Waals surface area (Å²) in [5.74, 6) is 7.80. The highest BCUT2D eigenvalue weighted by atomic mass is 16.6. The second-order valence-corrected chi connectivity index (χ2v) is 10.3. The van der Waals surface area contributed by atoms with Crippen LogP contribution in [-0.4, -0.2) is 59.2 Å². The van der Waals surface area contributed by atoms with Crippen molar-refractivity contribution >= 4 is 23.8 Å². The van der Waals surface area contributed by atoms with Crippen LogP contribution in [0.5, 0.6) is 0 Å². The van der Waals surface area contributed by atoms with Crippen molar-refractivity contribution in [3.8, 4) is 11.8 Å². The van der Waals surface area contributed by atoms with Crippen LogP contribution in [0.4, 0.5) is 16.6 Å². The topological polar surface area (TPSA) is 108 Å². The lowest BCUT2D eigenvalue weighted by Crippen LogP contribution is -2.45. The van der Waals surface area contributed by atoms with Gasteiger partial charge in [0.1, 0.15) is 18.0 Å². The molecule has 1 aromatic heterocycles. The maximum Gasteiger partial charge on any atom is 0.410 e. The van der Waals surface area contributed by atoms with Gasteiger partial charge in [0.05, 0.1) is 11.8 Å². The second-order valence-electron chi connectivity index (χ2n) is 10.3. The highest BCUT2D eigenvalue weighted by molar-refractivity contribution is 5.82. The van der Waals surface area contributed by atoms with E-state index in [0.29, 0.717) is 18.3 Å². The van der Waals surface area contributed by atoms with Crippen LogP contribution < -0.4 is 16.0 Å². The summed E-state index contributed by atoms with van der Waals surface area (Å²) in [4.78, 5) is 34.9. The van der Waals surface area contributed by atoms with Gasteiger partial charge in [-0.25, -0.2) is 9.78 Å². The Hall–Kier alpha value is -3.80. The number of carbonyl (C=O) groups is 2. The molecule has 2 aromatic rings. The first-order valence-electron chi connectivity index (χ1n) is 12.7. The van der Waals surface area contributed by atoms with Gasteiger partial charge in [-0.05, 0) is 45.6 Å². The number of amides is 2. The van der Waals surface area contributed by atoms with Crippen molar-refractivity contribution in [3.05, 3.63) is 47.7 Å². The number of aromatic nitrogens is 2. The minimum absolute atomic E-state index is 0.0196. The van der Waals surface area contributed by atoms with Gasteiger partial charge in [0.2, 0.25) is 11.9 Å². The Bertz CT molecular complexity index is 1120. The highest BCUT2D eigenvalue weighted by Gasteiger charge is 2.25. The van der Waals surface area contributed by atoms with E-state index in [0.717, 1.165) is 36.8 Å². The van der Waals surface area contributed by atoms with Crippen molar-refractivity contribution in [3.63, 3.8) is 0 Å². The lowest BCUT2D eigenvalue weighted by Gasteiger charge is -2.28. The lowest BCUT2D eigenvalue weighted by molar-refractivity contribution is -0.123. The average molecular weight is 507 g/mol. The number of hydrogen-bond acceptors (Lipinski definition) is 7. The number of hydrogen-bond donors (Lipinski definition) is 3. The SMILES string of the molecule is CNc1ncc(C#C[C@@H]2CCC[C@H](NC(=O)CN(C)C(=O)OC(C)(C)C)C2)c(NCc2ccccc2)n1. The molecule has 3 rings (SSSR count). The number of rotatable bonds is 7. The Labute approximate surface area is 219 Å². The first-order valence-corrected chi connectivity index (χ1v) is 12.7. The summed E-state index contributed by atoms with van der Waals surface area (Å²) < 4.78 is 5.32. The van der Waals surface area contributed by atoms with Gasteiger partial charge in [0.15, 0.2) is 0 Å². The molecule has 0 radical (unpaired) electrons. The van der Waals surface area contributed by atoms with E-state index in [9.17, 15) is 9.59 Å². The van der Waals surface area contributed by atoms with Crippen LogP contribution in [0.2, 0.25) is 0 Å². The Morgan fingerprint density at radius 1 is 1.19 bits per heavy atom. The van der Waals surface area contributed by atoms with Crippen LogP contribution in [0.1, 0.15) is 57.6 Å². The molecule has 0 spiro atoms. The van der Waals surface area contributed by atoms with Gasteiger partial charge in [-0.2, -0.15) is 4.98 Å². The molecule has 1 saturated carbocycles. The quantitative estimate of drug-likeness (QED) is 0.487. The third-order valence-electron chi connectivity index (χ3n) is 5.85. The summed E-state index contributed by atoms with van der Waals surface area (Å²) in [5, 5.41) is 9.40. The van der Waals surface area contributed by atoms with Gasteiger partial charge in [0.25, 0.3) is 0 Å². The minimum Gasteiger partial charge on any atom is -0.444 e. The summed E-state index contributed by atoms with van der Waals surface area (Å²) in [6.07, 6.45) is 4.81. The molecule has 1 aromatic carbocycles. The molecule has 2 atom stereocenters. The zero-order valence-electron chi connectivity index (χ0n) is 22.4. The first kappa shape index (κ1) is 27.8. The number of carbonyl (C=O) groups excluding carboxylic acids is 2. The molecule has 1 aliphatic carbocycles. The van der Waals surface area contributed by atoms with E-state index in [1.807, 2.05) is 18.2 Å². The third-order valence-corrected chi connectivity index (χ3v) is 5.85. The Morgan fingerprint density at radius 3 is 2.65 bits per heavy atom. The first-order chi connectivity index (χ1) is 17.6. The van der Waals surface area contributed by atoms with E-state index in [2.05, 4.69) is 49.9 Å². The molecule has 0 saturated heterocycles. The molecule has 37 heavy (non-hydrogen) atoms. The van der Waals surface area contributed by atoms with Crippen molar-refractivity contribution in [2.75, 3.05) is 31.3 Å². The van der Waals surface area contributed by atoms with Crippen LogP contribution >= 0.6 is 0 Å². The van der Waals surface area contributed by atoms with Gasteiger partial charge in [-0.1, -0.05) is 48.6 Å². The Kier molecular flexibility index (Phi) is 9.72. The summed E-state index contributed by atoms with van der Waals surface area (Å²) in [5.41, 5.74) is 1.28. The fraction of sp³-hybridized carbons (Fsp3) is 0.500. The smallest absolute Gasteiger partial charge is 0.410 e. The molecule has 0 aliphatic heterocycles. The van der Waals surface area contributed by atoms with E-state index in [1.165, 1.54) is 4.90 Å². The lowest BCUT2D eigenvalue weighted by atomic mass is 9.86. The maximum atomic E-state index is 12.5. The van der Waals surface area contributed by atoms with Crippen LogP contribution in [0, 0.1) is 17.8 Å². The summed E-state index contributed by atoms with van der Waals surface area (Å²) >= 11 is 0. The van der Waals surface area contributed by atoms with Crippen molar-refractivity contribution in [1.82, 2.24) is 20.2 Å². The van der Waals surface area contributed by atoms with Crippen molar-refractivity contribution < 1.29 is 14.3 Å². The molecule has 9 nitrogen and oxygen atoms in total. The molecule has 2 amide bonds. The molecular weight excluding hydrogens is 468 g/mol. The van der Waals surface area contributed by atoms with E-state index in [-0.39, 0.29) is 24.4 Å². The van der Waals surface area contributed by atoms with E-state index in [4.69, 9.17) is 4.74 Å². The number of nitrogens with zero attached hydrogens (tertiary/aromatic N) is 3. The summed E-state index contributed by atoms with van der Waals surface area (Å²) in [6.45, 7) is 5.97. The summed E-state index contributed by atoms with van der Waals surface area (Å²) in [6, 6.07) is 10.1. The number of anilines is 2. The molecule has 0 unspecified atom stereocenters. The monoisotopic (exact) mass is 506 g/mol. The fourth-order valence-corrected chi connectivity index (χ4v) is 4.04. The molecule has 1 heterocycles. The van der Waals surface area contributed by atoms with Gasteiger partial charge < -0.3 is 25.6 Å². The molecule has 9 heteroatoms. The van der Waals surface area contributed by atoms with Crippen molar-refractivity contribution in [1.29, 1.82) is 0 Å². The third kappa shape index (κ3) is 9.30. The standard InChI is InChI=1S/C28H38N6O3/c1-28(2,3)37-27(36)34(5)19-24(35)32-23-13-9-12-20(16-23)14-15-22-18-31-26(29-4)33-25(22)30-17-21-10-7-6-8-11-21/h6-8,10-11,18,20,23H,9,12-13,16-17,19H2,1-5H3,(H,32,35)(H2,29,30,31,33)/t20-,23-/m0/s1. The van der Waals surface area contributed by atoms with E-state index in [1.54, 1.807) is 41.1 Å². The zero-order chi connectivity index (χ0) is 26.8. The zero-order valence-corrected chi connectivity index (χ0v) is 22.4. The van der Waals surface area contributed by atoms with Crippen LogP contribution in [0.15, 0.2) is 36.5 Å². The van der Waals surface area contributed by atoms with Crippen LogP contribution in [-0.2, 0) is 16.1 Å². The van der Waals surface area contributed by atoms with E-state index < -0.39 is 11.7 Å². The second kappa shape index (κ2) is 12.9. The van der Waals surface area contributed by atoms with Crippen molar-refractivity contribution in [2.24, 2.45) is 5.92 Å². The van der Waals surface area contributed by atoms with Crippen LogP contribution in [0.25, 0.3) is 0 Å². The average Bonchev–Trinajstić information content (AvgIpc) is 2.86. The maximum absolute atomic E-state index is 12.5. The summed E-state index contributed by atoms with van der Waals surface area (Å²) in [7, 11) is 3.34. The normalized spacial score (nSPS) is 17.1. The number of ether oxygens (including phenoxy) is 1. The predicted molar refractivity (Wildman–Crippen MR) is 145 cm³/mol. The Balaban J connectivity index is 1.59. The molecule has 0 bridgehead atoms. The predicted octanol–water partition coefficient (Wildman–Crippen LogP) is 4.02. The number of nitrogens with one attached hydrogen (secondary N) is 3. The molecular formula is C28H38N6O3. The van der Waals surface area contributed by atoms with E-state index >= 15 is 0 Å². The molecule has 3 N–H and O–H groups in total. The fourth-order valence-electron chi connectivity index (χ4n) is 4.04. The molecule has 198 valence electrons. The van der Waals surface area contributed by atoms with Gasteiger partial charge in [-0.15, -0.1) is 0 Å². The Morgan fingerprint density at radius 2 is 1.95 bits per heavy atom. The minimum atomic E-state index is -0.605. The molecule has 1 fully saturated rings. The number of benzene rings is 1. The molecule has 1 aliphatic rings. The van der Waals surface area contributed by atoms with Gasteiger partial charge >= 0.3 is 6.09 Å².